The van der Waals surface area contributed by atoms with Crippen molar-refractivity contribution >= 4 is 49.1 Å². The van der Waals surface area contributed by atoms with E-state index in [1.54, 1.807) is 30.2 Å². The number of thiophene rings is 1. The summed E-state index contributed by atoms with van der Waals surface area (Å²) in [4.78, 5) is 1.21. The van der Waals surface area contributed by atoms with Crippen molar-refractivity contribution in [2.45, 2.75) is 4.90 Å². The molecule has 0 aliphatic rings. The number of thioether (sulfide) groups is 1. The van der Waals surface area contributed by atoms with Gasteiger partial charge in [0.15, 0.2) is 0 Å². The van der Waals surface area contributed by atoms with Gasteiger partial charge in [-0.15, -0.1) is 23.1 Å². The van der Waals surface area contributed by atoms with Crippen LogP contribution >= 0.6 is 39.0 Å². The molecule has 74 valence electrons. The summed E-state index contributed by atoms with van der Waals surface area (Å²) in [6.45, 7) is 0. The van der Waals surface area contributed by atoms with Gasteiger partial charge in [-0.2, -0.15) is 0 Å². The van der Waals surface area contributed by atoms with Crippen LogP contribution in [0, 0.1) is 0 Å². The minimum atomic E-state index is 0.954. The number of ether oxygens (including phenoxy) is 1. The van der Waals surface area contributed by atoms with Gasteiger partial charge in [-0.25, -0.2) is 0 Å². The smallest absolute Gasteiger partial charge is 0.133 e. The summed E-state index contributed by atoms with van der Waals surface area (Å²) in [5, 5.41) is 1.27. The SMILES string of the molecule is COc1ccc2sc(Br)cc2c1SC. The first-order chi connectivity index (χ1) is 6.76. The van der Waals surface area contributed by atoms with Gasteiger partial charge in [0.2, 0.25) is 0 Å². The van der Waals surface area contributed by atoms with Crippen LogP contribution in [0.5, 0.6) is 5.75 Å². The van der Waals surface area contributed by atoms with E-state index in [2.05, 4.69) is 34.3 Å². The summed E-state index contributed by atoms with van der Waals surface area (Å²) in [5.74, 6) is 0.954. The van der Waals surface area contributed by atoms with E-state index < -0.39 is 0 Å². The molecule has 1 aromatic heterocycles. The topological polar surface area (TPSA) is 9.23 Å². The van der Waals surface area contributed by atoms with Crippen LogP contribution in [0.3, 0.4) is 0 Å². The van der Waals surface area contributed by atoms with Crippen molar-refractivity contribution in [3.05, 3.63) is 22.0 Å². The van der Waals surface area contributed by atoms with Crippen molar-refractivity contribution in [3.8, 4) is 5.75 Å². The summed E-state index contributed by atoms with van der Waals surface area (Å²) in [5.41, 5.74) is 0. The van der Waals surface area contributed by atoms with Gasteiger partial charge < -0.3 is 4.74 Å². The molecule has 2 aromatic rings. The summed E-state index contributed by atoms with van der Waals surface area (Å²) >= 11 is 6.98. The molecule has 0 bridgehead atoms. The Morgan fingerprint density at radius 1 is 1.43 bits per heavy atom. The fraction of sp³-hybridized carbons (Fsp3) is 0.200. The van der Waals surface area contributed by atoms with Crippen LogP contribution in [0.25, 0.3) is 10.1 Å². The number of rotatable bonds is 2. The Morgan fingerprint density at radius 3 is 2.86 bits per heavy atom. The fourth-order valence-electron chi connectivity index (χ4n) is 1.41. The molecule has 0 saturated heterocycles. The molecular formula is C10H9BrOS2. The van der Waals surface area contributed by atoms with Gasteiger partial charge in [-0.3, -0.25) is 0 Å². The second-order valence-electron chi connectivity index (χ2n) is 2.76. The fourth-order valence-corrected chi connectivity index (χ4v) is 3.76. The number of fused-ring (bicyclic) bond motifs is 1. The third-order valence-electron chi connectivity index (χ3n) is 2.01. The van der Waals surface area contributed by atoms with Crippen LogP contribution in [0.2, 0.25) is 0 Å². The highest BCUT2D eigenvalue weighted by Gasteiger charge is 2.09. The third kappa shape index (κ3) is 1.66. The molecule has 0 atom stereocenters. The van der Waals surface area contributed by atoms with E-state index in [1.807, 2.05) is 6.07 Å². The molecule has 0 amide bonds. The molecule has 2 rings (SSSR count). The Morgan fingerprint density at radius 2 is 2.21 bits per heavy atom. The Hall–Kier alpha value is -0.190. The Bertz CT molecular complexity index is 464. The zero-order valence-corrected chi connectivity index (χ0v) is 11.1. The maximum absolute atomic E-state index is 5.32. The van der Waals surface area contributed by atoms with Crippen LogP contribution in [-0.4, -0.2) is 13.4 Å². The van der Waals surface area contributed by atoms with Gasteiger partial charge in [-0.05, 0) is 40.4 Å². The summed E-state index contributed by atoms with van der Waals surface area (Å²) in [7, 11) is 1.71. The molecule has 0 spiro atoms. The molecule has 1 aromatic carbocycles. The van der Waals surface area contributed by atoms with Gasteiger partial charge in [0, 0.05) is 10.1 Å². The van der Waals surface area contributed by atoms with Crippen molar-refractivity contribution < 1.29 is 4.74 Å². The summed E-state index contributed by atoms with van der Waals surface area (Å²) < 4.78 is 7.78. The van der Waals surface area contributed by atoms with Crippen molar-refractivity contribution in [1.82, 2.24) is 0 Å². The number of hydrogen-bond acceptors (Lipinski definition) is 3. The number of methoxy groups -OCH3 is 1. The zero-order valence-electron chi connectivity index (χ0n) is 7.83. The van der Waals surface area contributed by atoms with E-state index in [9.17, 15) is 0 Å². The molecule has 0 fully saturated rings. The lowest BCUT2D eigenvalue weighted by molar-refractivity contribution is 0.406. The van der Waals surface area contributed by atoms with Crippen molar-refractivity contribution in [1.29, 1.82) is 0 Å². The van der Waals surface area contributed by atoms with Crippen molar-refractivity contribution in [3.63, 3.8) is 0 Å². The first kappa shape index (κ1) is 10.3. The van der Waals surface area contributed by atoms with Crippen molar-refractivity contribution in [2.24, 2.45) is 0 Å². The van der Waals surface area contributed by atoms with E-state index in [-0.39, 0.29) is 0 Å². The average molecular weight is 289 g/mol. The molecule has 0 aliphatic heterocycles. The Kier molecular flexibility index (Phi) is 3.04. The molecule has 1 heterocycles. The van der Waals surface area contributed by atoms with E-state index in [0.29, 0.717) is 0 Å². The summed E-state index contributed by atoms with van der Waals surface area (Å²) in [6.07, 6.45) is 2.07. The van der Waals surface area contributed by atoms with E-state index in [0.717, 1.165) is 9.54 Å². The molecule has 0 N–H and O–H groups in total. The number of hydrogen-bond donors (Lipinski definition) is 0. The minimum absolute atomic E-state index is 0.954. The van der Waals surface area contributed by atoms with E-state index >= 15 is 0 Å². The maximum Gasteiger partial charge on any atom is 0.133 e. The van der Waals surface area contributed by atoms with Gasteiger partial charge in [0.05, 0.1) is 15.8 Å². The van der Waals surface area contributed by atoms with E-state index in [4.69, 9.17) is 4.74 Å². The van der Waals surface area contributed by atoms with Crippen LogP contribution in [0.4, 0.5) is 0 Å². The van der Waals surface area contributed by atoms with Crippen molar-refractivity contribution in [2.75, 3.05) is 13.4 Å². The molecule has 0 unspecified atom stereocenters. The van der Waals surface area contributed by atoms with Gasteiger partial charge in [0.1, 0.15) is 5.75 Å². The van der Waals surface area contributed by atoms with Gasteiger partial charge in [0.25, 0.3) is 0 Å². The maximum atomic E-state index is 5.32. The van der Waals surface area contributed by atoms with Crippen LogP contribution in [0.15, 0.2) is 26.9 Å². The zero-order chi connectivity index (χ0) is 10.1. The first-order valence-corrected chi connectivity index (χ1v) is 6.89. The first-order valence-electron chi connectivity index (χ1n) is 4.06. The molecule has 0 saturated carbocycles. The Balaban J connectivity index is 2.75. The largest absolute Gasteiger partial charge is 0.496 e. The normalized spacial score (nSPS) is 10.8. The molecule has 4 heteroatoms. The standard InChI is InChI=1S/C10H9BrOS2/c1-12-7-3-4-8-6(10(7)13-2)5-9(11)14-8/h3-5H,1-2H3. The molecule has 1 nitrogen and oxygen atoms in total. The van der Waals surface area contributed by atoms with Crippen LogP contribution in [0.1, 0.15) is 0 Å². The highest BCUT2D eigenvalue weighted by Crippen LogP contribution is 2.40. The monoisotopic (exact) mass is 288 g/mol. The van der Waals surface area contributed by atoms with Crippen LogP contribution in [-0.2, 0) is 0 Å². The molecule has 14 heavy (non-hydrogen) atoms. The average Bonchev–Trinajstić information content (AvgIpc) is 2.56. The summed E-state index contributed by atoms with van der Waals surface area (Å²) in [6, 6.07) is 6.27. The predicted molar refractivity (Wildman–Crippen MR) is 67.9 cm³/mol. The second-order valence-corrected chi connectivity index (χ2v) is 6.04. The Labute approximate surface area is 99.6 Å². The quantitative estimate of drug-likeness (QED) is 0.758. The molecule has 0 radical (unpaired) electrons. The predicted octanol–water partition coefficient (Wildman–Crippen LogP) is 4.39. The second kappa shape index (κ2) is 4.13. The van der Waals surface area contributed by atoms with Gasteiger partial charge >= 0.3 is 0 Å². The van der Waals surface area contributed by atoms with Gasteiger partial charge in [-0.1, -0.05) is 0 Å². The minimum Gasteiger partial charge on any atom is -0.496 e. The highest BCUT2D eigenvalue weighted by molar-refractivity contribution is 9.11. The number of benzene rings is 1. The highest BCUT2D eigenvalue weighted by atomic mass is 79.9. The molecular weight excluding hydrogens is 280 g/mol. The van der Waals surface area contributed by atoms with Crippen LogP contribution < -0.4 is 4.74 Å². The number of halogens is 1. The molecule has 0 aliphatic carbocycles. The van der Waals surface area contributed by atoms with E-state index in [1.165, 1.54) is 15.0 Å². The third-order valence-corrected chi connectivity index (χ3v) is 4.44. The lowest BCUT2D eigenvalue weighted by atomic mass is 10.2. The lowest BCUT2D eigenvalue weighted by Crippen LogP contribution is -1.85. The lowest BCUT2D eigenvalue weighted by Gasteiger charge is -2.06.